The lowest BCUT2D eigenvalue weighted by Gasteiger charge is -2.12. The third kappa shape index (κ3) is 7.34. The van der Waals surface area contributed by atoms with Crippen molar-refractivity contribution in [3.8, 4) is 11.5 Å². The fourth-order valence-electron chi connectivity index (χ4n) is 2.13. The summed E-state index contributed by atoms with van der Waals surface area (Å²) in [6, 6.07) is 6.25. The smallest absolute Gasteiger partial charge is 0.161 e. The third-order valence-corrected chi connectivity index (χ3v) is 3.16. The van der Waals surface area contributed by atoms with Crippen LogP contribution in [-0.2, 0) is 11.2 Å². The second kappa shape index (κ2) is 11.4. The summed E-state index contributed by atoms with van der Waals surface area (Å²) in [4.78, 5) is 0. The number of nitrogens with one attached hydrogen (secondary N) is 1. The Balaban J connectivity index is 2.35. The highest BCUT2D eigenvalue weighted by Gasteiger charge is 2.05. The Bertz CT molecular complexity index is 382. The van der Waals surface area contributed by atoms with Gasteiger partial charge >= 0.3 is 0 Å². The second-order valence-electron chi connectivity index (χ2n) is 4.85. The van der Waals surface area contributed by atoms with Gasteiger partial charge in [-0.2, -0.15) is 0 Å². The minimum absolute atomic E-state index is 0.659. The Morgan fingerprint density at radius 1 is 0.952 bits per heavy atom. The van der Waals surface area contributed by atoms with Gasteiger partial charge in [0.2, 0.25) is 0 Å². The molecular formula is C17H29NO3. The summed E-state index contributed by atoms with van der Waals surface area (Å²) in [5.41, 5.74) is 1.30. The van der Waals surface area contributed by atoms with E-state index in [9.17, 15) is 0 Å². The molecule has 0 saturated heterocycles. The Labute approximate surface area is 128 Å². The van der Waals surface area contributed by atoms with Crippen molar-refractivity contribution < 1.29 is 14.2 Å². The highest BCUT2D eigenvalue weighted by atomic mass is 16.5. The van der Waals surface area contributed by atoms with E-state index in [1.165, 1.54) is 18.4 Å². The molecule has 0 radical (unpaired) electrons. The molecule has 21 heavy (non-hydrogen) atoms. The van der Waals surface area contributed by atoms with Crippen molar-refractivity contribution in [3.63, 3.8) is 0 Å². The van der Waals surface area contributed by atoms with E-state index >= 15 is 0 Å². The molecule has 120 valence electrons. The molecule has 0 atom stereocenters. The Morgan fingerprint density at radius 2 is 1.71 bits per heavy atom. The topological polar surface area (TPSA) is 39.7 Å². The average molecular weight is 295 g/mol. The van der Waals surface area contributed by atoms with Crippen molar-refractivity contribution in [1.82, 2.24) is 5.32 Å². The van der Waals surface area contributed by atoms with Gasteiger partial charge in [-0.25, -0.2) is 0 Å². The van der Waals surface area contributed by atoms with Crippen molar-refractivity contribution in [1.29, 1.82) is 0 Å². The molecule has 0 spiro atoms. The number of hydrogen-bond acceptors (Lipinski definition) is 4. The molecule has 4 nitrogen and oxygen atoms in total. The fourth-order valence-corrected chi connectivity index (χ4v) is 2.13. The standard InChI is InChI=1S/C17H29NO3/c1-4-20-16-10-9-15(14-17(16)21-5-2)8-6-7-11-18-12-13-19-3/h9-10,14,18H,4-8,11-13H2,1-3H3. The van der Waals surface area contributed by atoms with Gasteiger partial charge in [0.15, 0.2) is 11.5 Å². The SMILES string of the molecule is CCOc1ccc(CCCCNCCOC)cc1OCC. The number of benzene rings is 1. The first-order valence-corrected chi connectivity index (χ1v) is 7.90. The van der Waals surface area contributed by atoms with E-state index in [0.717, 1.165) is 37.6 Å². The van der Waals surface area contributed by atoms with Crippen LogP contribution in [0.3, 0.4) is 0 Å². The van der Waals surface area contributed by atoms with Gasteiger partial charge in [-0.1, -0.05) is 6.07 Å². The Kier molecular flexibility index (Phi) is 9.66. The molecule has 1 N–H and O–H groups in total. The maximum absolute atomic E-state index is 5.65. The summed E-state index contributed by atoms with van der Waals surface area (Å²) in [6.07, 6.45) is 3.40. The zero-order valence-electron chi connectivity index (χ0n) is 13.6. The molecule has 0 aromatic heterocycles. The van der Waals surface area contributed by atoms with Crippen LogP contribution in [0, 0.1) is 0 Å². The normalized spacial score (nSPS) is 10.6. The van der Waals surface area contributed by atoms with Crippen LogP contribution in [0.5, 0.6) is 11.5 Å². The minimum Gasteiger partial charge on any atom is -0.490 e. The number of hydrogen-bond donors (Lipinski definition) is 1. The van der Waals surface area contributed by atoms with Crippen LogP contribution in [-0.4, -0.2) is 40.0 Å². The van der Waals surface area contributed by atoms with Crippen molar-refractivity contribution in [2.24, 2.45) is 0 Å². The molecular weight excluding hydrogens is 266 g/mol. The number of ether oxygens (including phenoxy) is 3. The molecule has 0 saturated carbocycles. The van der Waals surface area contributed by atoms with Crippen LogP contribution in [0.4, 0.5) is 0 Å². The first-order chi connectivity index (χ1) is 10.3. The van der Waals surface area contributed by atoms with Gasteiger partial charge in [-0.05, 0) is 57.4 Å². The first kappa shape index (κ1) is 17.8. The lowest BCUT2D eigenvalue weighted by Crippen LogP contribution is -2.20. The first-order valence-electron chi connectivity index (χ1n) is 7.90. The van der Waals surface area contributed by atoms with Gasteiger partial charge in [0, 0.05) is 13.7 Å². The Hall–Kier alpha value is -1.26. The third-order valence-electron chi connectivity index (χ3n) is 3.16. The molecule has 0 amide bonds. The molecule has 1 aromatic carbocycles. The van der Waals surface area contributed by atoms with Crippen LogP contribution in [0.25, 0.3) is 0 Å². The molecule has 0 aliphatic rings. The summed E-state index contributed by atoms with van der Waals surface area (Å²) < 4.78 is 16.2. The minimum atomic E-state index is 0.659. The van der Waals surface area contributed by atoms with Crippen molar-refractivity contribution in [3.05, 3.63) is 23.8 Å². The van der Waals surface area contributed by atoms with Crippen molar-refractivity contribution in [2.45, 2.75) is 33.1 Å². The highest BCUT2D eigenvalue weighted by Crippen LogP contribution is 2.29. The summed E-state index contributed by atoms with van der Waals surface area (Å²) in [7, 11) is 1.73. The lowest BCUT2D eigenvalue weighted by atomic mass is 10.1. The van der Waals surface area contributed by atoms with E-state index in [1.54, 1.807) is 7.11 Å². The van der Waals surface area contributed by atoms with Crippen LogP contribution in [0.15, 0.2) is 18.2 Å². The number of aryl methyl sites for hydroxylation is 1. The van der Waals surface area contributed by atoms with E-state index in [0.29, 0.717) is 13.2 Å². The maximum Gasteiger partial charge on any atom is 0.161 e. The molecule has 1 aromatic rings. The molecule has 4 heteroatoms. The molecule has 0 heterocycles. The van der Waals surface area contributed by atoms with E-state index in [2.05, 4.69) is 17.4 Å². The fraction of sp³-hybridized carbons (Fsp3) is 0.647. The molecule has 1 rings (SSSR count). The van der Waals surface area contributed by atoms with Crippen LogP contribution >= 0.6 is 0 Å². The zero-order chi connectivity index (χ0) is 15.3. The Morgan fingerprint density at radius 3 is 2.43 bits per heavy atom. The van der Waals surface area contributed by atoms with Gasteiger partial charge in [0.25, 0.3) is 0 Å². The summed E-state index contributed by atoms with van der Waals surface area (Å²) in [6.45, 7) is 8.04. The van der Waals surface area contributed by atoms with Crippen LogP contribution < -0.4 is 14.8 Å². The lowest BCUT2D eigenvalue weighted by molar-refractivity contribution is 0.199. The number of methoxy groups -OCH3 is 1. The quantitative estimate of drug-likeness (QED) is 0.602. The molecule has 0 aliphatic carbocycles. The van der Waals surface area contributed by atoms with E-state index < -0.39 is 0 Å². The zero-order valence-corrected chi connectivity index (χ0v) is 13.6. The van der Waals surface area contributed by atoms with Gasteiger partial charge in [0.05, 0.1) is 19.8 Å². The van der Waals surface area contributed by atoms with Crippen LogP contribution in [0.1, 0.15) is 32.3 Å². The number of rotatable bonds is 12. The van der Waals surface area contributed by atoms with Crippen LogP contribution in [0.2, 0.25) is 0 Å². The van der Waals surface area contributed by atoms with Gasteiger partial charge in [-0.3, -0.25) is 0 Å². The van der Waals surface area contributed by atoms with E-state index in [1.807, 2.05) is 19.9 Å². The molecule has 0 fully saturated rings. The summed E-state index contributed by atoms with van der Waals surface area (Å²) >= 11 is 0. The van der Waals surface area contributed by atoms with E-state index in [-0.39, 0.29) is 0 Å². The van der Waals surface area contributed by atoms with E-state index in [4.69, 9.17) is 14.2 Å². The summed E-state index contributed by atoms with van der Waals surface area (Å²) in [5.74, 6) is 1.69. The summed E-state index contributed by atoms with van der Waals surface area (Å²) in [5, 5.41) is 3.36. The van der Waals surface area contributed by atoms with Gasteiger partial charge in [0.1, 0.15) is 0 Å². The van der Waals surface area contributed by atoms with Gasteiger partial charge < -0.3 is 19.5 Å². The van der Waals surface area contributed by atoms with Crippen molar-refractivity contribution >= 4 is 0 Å². The highest BCUT2D eigenvalue weighted by molar-refractivity contribution is 5.43. The predicted molar refractivity (Wildman–Crippen MR) is 86.5 cm³/mol. The average Bonchev–Trinajstić information content (AvgIpc) is 2.49. The molecule has 0 unspecified atom stereocenters. The largest absolute Gasteiger partial charge is 0.490 e. The second-order valence-corrected chi connectivity index (χ2v) is 4.85. The van der Waals surface area contributed by atoms with Crippen molar-refractivity contribution in [2.75, 3.05) is 40.0 Å². The predicted octanol–water partition coefficient (Wildman–Crippen LogP) is 3.04. The molecule has 0 bridgehead atoms. The van der Waals surface area contributed by atoms with Gasteiger partial charge in [-0.15, -0.1) is 0 Å². The maximum atomic E-state index is 5.65. The molecule has 0 aliphatic heterocycles. The number of unbranched alkanes of at least 4 members (excludes halogenated alkanes) is 1. The monoisotopic (exact) mass is 295 g/mol.